The number of rotatable bonds is 16. The minimum absolute atomic E-state index is 0.603. The zero-order valence-corrected chi connectivity index (χ0v) is 15.3. The molecule has 0 aliphatic carbocycles. The Morgan fingerprint density at radius 3 is 1.76 bits per heavy atom. The molecule has 2 nitrogen and oxygen atoms in total. The summed E-state index contributed by atoms with van der Waals surface area (Å²) in [5.41, 5.74) is 0. The van der Waals surface area contributed by atoms with E-state index in [1.54, 1.807) is 0 Å². The third-order valence-corrected chi connectivity index (χ3v) is 4.32. The largest absolute Gasteiger partial charge is 0.380 e. The van der Waals surface area contributed by atoms with Gasteiger partial charge in [-0.05, 0) is 26.9 Å². The number of hydrogen-bond acceptors (Lipinski definition) is 2. The van der Waals surface area contributed by atoms with Crippen molar-refractivity contribution in [1.82, 2.24) is 4.90 Å². The van der Waals surface area contributed by atoms with Crippen LogP contribution in [0, 0.1) is 0 Å². The van der Waals surface area contributed by atoms with Gasteiger partial charge in [-0.2, -0.15) is 0 Å². The molecule has 0 aromatic carbocycles. The highest BCUT2D eigenvalue weighted by Gasteiger charge is 2.10. The number of likely N-dealkylation sites (N-methyl/N-ethyl adjacent to an activating group) is 1. The summed E-state index contributed by atoms with van der Waals surface area (Å²) in [7, 11) is 4.36. The lowest BCUT2D eigenvalue weighted by Crippen LogP contribution is -2.32. The second kappa shape index (κ2) is 16.3. The number of hydrogen-bond donors (Lipinski definition) is 0. The van der Waals surface area contributed by atoms with Gasteiger partial charge in [0.2, 0.25) is 0 Å². The molecule has 0 amide bonds. The van der Waals surface area contributed by atoms with Gasteiger partial charge < -0.3 is 9.64 Å². The van der Waals surface area contributed by atoms with Crippen molar-refractivity contribution in [2.75, 3.05) is 27.3 Å². The van der Waals surface area contributed by atoms with Gasteiger partial charge in [0.1, 0.15) is 0 Å². The Bertz CT molecular complexity index is 194. The Kier molecular flexibility index (Phi) is 16.2. The average Bonchev–Trinajstić information content (AvgIpc) is 2.47. The maximum absolute atomic E-state index is 5.79. The van der Waals surface area contributed by atoms with Gasteiger partial charge in [0.05, 0.1) is 6.61 Å². The van der Waals surface area contributed by atoms with Crippen molar-refractivity contribution in [3.63, 3.8) is 0 Å². The third kappa shape index (κ3) is 14.6. The van der Waals surface area contributed by atoms with Gasteiger partial charge in [0, 0.05) is 12.6 Å². The van der Waals surface area contributed by atoms with Crippen LogP contribution in [-0.2, 0) is 4.74 Å². The first-order chi connectivity index (χ1) is 10.2. The monoisotopic (exact) mass is 299 g/mol. The quantitative estimate of drug-likeness (QED) is 0.341. The molecule has 0 saturated carbocycles. The molecular weight excluding hydrogens is 258 g/mol. The molecule has 0 heterocycles. The van der Waals surface area contributed by atoms with E-state index in [2.05, 4.69) is 32.8 Å². The second-order valence-corrected chi connectivity index (χ2v) is 6.66. The zero-order chi connectivity index (χ0) is 15.8. The summed E-state index contributed by atoms with van der Waals surface area (Å²) in [5, 5.41) is 0. The molecule has 0 aliphatic rings. The molecule has 0 spiro atoms. The SMILES string of the molecule is CCCCCCCCCCCC(COCCCC)N(C)C. The zero-order valence-electron chi connectivity index (χ0n) is 15.3. The van der Waals surface area contributed by atoms with Gasteiger partial charge in [0.15, 0.2) is 0 Å². The molecule has 1 atom stereocenters. The summed E-state index contributed by atoms with van der Waals surface area (Å²) >= 11 is 0. The topological polar surface area (TPSA) is 12.5 Å². The van der Waals surface area contributed by atoms with E-state index in [0.717, 1.165) is 13.2 Å². The summed E-state index contributed by atoms with van der Waals surface area (Å²) in [6.45, 7) is 6.34. The maximum atomic E-state index is 5.79. The second-order valence-electron chi connectivity index (χ2n) is 6.66. The van der Waals surface area contributed by atoms with Crippen LogP contribution in [0.15, 0.2) is 0 Å². The van der Waals surface area contributed by atoms with Crippen molar-refractivity contribution in [2.45, 2.75) is 96.9 Å². The van der Waals surface area contributed by atoms with Crippen molar-refractivity contribution in [1.29, 1.82) is 0 Å². The molecule has 0 bridgehead atoms. The van der Waals surface area contributed by atoms with Crippen LogP contribution in [-0.4, -0.2) is 38.3 Å². The van der Waals surface area contributed by atoms with E-state index in [-0.39, 0.29) is 0 Å². The predicted molar refractivity (Wildman–Crippen MR) is 95.0 cm³/mol. The fourth-order valence-electron chi connectivity index (χ4n) is 2.65. The fourth-order valence-corrected chi connectivity index (χ4v) is 2.65. The first kappa shape index (κ1) is 20.9. The van der Waals surface area contributed by atoms with E-state index >= 15 is 0 Å². The molecule has 0 N–H and O–H groups in total. The highest BCUT2D eigenvalue weighted by Crippen LogP contribution is 2.13. The summed E-state index contributed by atoms with van der Waals surface area (Å²) in [6.07, 6.45) is 16.4. The van der Waals surface area contributed by atoms with Crippen molar-refractivity contribution >= 4 is 0 Å². The molecule has 0 aliphatic heterocycles. The summed E-state index contributed by atoms with van der Waals surface area (Å²) in [6, 6.07) is 0.603. The van der Waals surface area contributed by atoms with Crippen molar-refractivity contribution < 1.29 is 4.74 Å². The van der Waals surface area contributed by atoms with Crippen LogP contribution >= 0.6 is 0 Å². The van der Waals surface area contributed by atoms with Crippen molar-refractivity contribution in [3.05, 3.63) is 0 Å². The minimum atomic E-state index is 0.603. The first-order valence-corrected chi connectivity index (χ1v) is 9.46. The first-order valence-electron chi connectivity index (χ1n) is 9.46. The van der Waals surface area contributed by atoms with Gasteiger partial charge in [-0.25, -0.2) is 0 Å². The smallest absolute Gasteiger partial charge is 0.0621 e. The molecule has 0 rings (SSSR count). The number of unbranched alkanes of at least 4 members (excludes halogenated alkanes) is 9. The molecule has 128 valence electrons. The Balaban J connectivity index is 3.43. The van der Waals surface area contributed by atoms with Gasteiger partial charge in [0.25, 0.3) is 0 Å². The molecule has 0 aromatic heterocycles. The maximum Gasteiger partial charge on any atom is 0.0621 e. The van der Waals surface area contributed by atoms with E-state index in [4.69, 9.17) is 4.74 Å². The number of nitrogens with zero attached hydrogens (tertiary/aromatic N) is 1. The summed E-state index contributed by atoms with van der Waals surface area (Å²) in [4.78, 5) is 2.33. The van der Waals surface area contributed by atoms with Crippen LogP contribution in [0.4, 0.5) is 0 Å². The lowest BCUT2D eigenvalue weighted by atomic mass is 10.0. The molecule has 0 fully saturated rings. The molecule has 0 radical (unpaired) electrons. The van der Waals surface area contributed by atoms with Gasteiger partial charge in [-0.1, -0.05) is 78.1 Å². The lowest BCUT2D eigenvalue weighted by Gasteiger charge is -2.24. The molecule has 2 heteroatoms. The molecular formula is C19H41NO. The van der Waals surface area contributed by atoms with Crippen molar-refractivity contribution in [2.24, 2.45) is 0 Å². The Hall–Kier alpha value is -0.0800. The van der Waals surface area contributed by atoms with Crippen LogP contribution in [0.25, 0.3) is 0 Å². The predicted octanol–water partition coefficient (Wildman–Crippen LogP) is 5.65. The van der Waals surface area contributed by atoms with Crippen molar-refractivity contribution in [3.8, 4) is 0 Å². The Labute approximate surface area is 134 Å². The van der Waals surface area contributed by atoms with Crippen LogP contribution in [0.5, 0.6) is 0 Å². The molecule has 21 heavy (non-hydrogen) atoms. The van der Waals surface area contributed by atoms with Gasteiger partial charge in [-0.3, -0.25) is 0 Å². The lowest BCUT2D eigenvalue weighted by molar-refractivity contribution is 0.0729. The fraction of sp³-hybridized carbons (Fsp3) is 1.00. The highest BCUT2D eigenvalue weighted by molar-refractivity contribution is 4.65. The Morgan fingerprint density at radius 1 is 0.714 bits per heavy atom. The average molecular weight is 300 g/mol. The van der Waals surface area contributed by atoms with E-state index in [1.165, 1.54) is 77.0 Å². The van der Waals surface area contributed by atoms with E-state index in [9.17, 15) is 0 Å². The van der Waals surface area contributed by atoms with E-state index in [0.29, 0.717) is 6.04 Å². The highest BCUT2D eigenvalue weighted by atomic mass is 16.5. The van der Waals surface area contributed by atoms with E-state index in [1.807, 2.05) is 0 Å². The van der Waals surface area contributed by atoms with Crippen LogP contribution < -0.4 is 0 Å². The van der Waals surface area contributed by atoms with Crippen LogP contribution in [0.1, 0.15) is 90.9 Å². The van der Waals surface area contributed by atoms with Crippen LogP contribution in [0.2, 0.25) is 0 Å². The summed E-state index contributed by atoms with van der Waals surface area (Å²) in [5.74, 6) is 0. The Morgan fingerprint density at radius 2 is 1.24 bits per heavy atom. The molecule has 0 aromatic rings. The number of ether oxygens (including phenoxy) is 1. The summed E-state index contributed by atoms with van der Waals surface area (Å²) < 4.78 is 5.79. The van der Waals surface area contributed by atoms with Gasteiger partial charge >= 0.3 is 0 Å². The molecule has 1 unspecified atom stereocenters. The standard InChI is InChI=1S/C19H41NO/c1-5-7-9-10-11-12-13-14-15-16-19(20(3)4)18-21-17-8-6-2/h19H,5-18H2,1-4H3. The van der Waals surface area contributed by atoms with Gasteiger partial charge in [-0.15, -0.1) is 0 Å². The molecule has 0 saturated heterocycles. The third-order valence-electron chi connectivity index (χ3n) is 4.32. The minimum Gasteiger partial charge on any atom is -0.380 e. The van der Waals surface area contributed by atoms with E-state index < -0.39 is 0 Å². The van der Waals surface area contributed by atoms with Crippen LogP contribution in [0.3, 0.4) is 0 Å². The normalized spacial score (nSPS) is 13.0.